The van der Waals surface area contributed by atoms with Crippen molar-refractivity contribution in [3.63, 3.8) is 0 Å². The lowest BCUT2D eigenvalue weighted by Crippen LogP contribution is -1.94. The minimum absolute atomic E-state index is 0.369. The van der Waals surface area contributed by atoms with Crippen molar-refractivity contribution in [2.45, 2.75) is 6.42 Å². The van der Waals surface area contributed by atoms with Crippen LogP contribution in [0, 0.1) is 0 Å². The molecule has 0 aliphatic heterocycles. The second-order valence-corrected chi connectivity index (χ2v) is 3.04. The van der Waals surface area contributed by atoms with Gasteiger partial charge >= 0.3 is 5.76 Å². The number of nitrogens with zero attached hydrogens (tertiary/aromatic N) is 1. The van der Waals surface area contributed by atoms with E-state index in [-0.39, 0.29) is 0 Å². The van der Waals surface area contributed by atoms with E-state index < -0.39 is 5.76 Å². The molecule has 0 fully saturated rings. The molecule has 5 nitrogen and oxygen atoms in total. The predicted molar refractivity (Wildman–Crippen MR) is 52.9 cm³/mol. The highest BCUT2D eigenvalue weighted by Crippen LogP contribution is 2.14. The summed E-state index contributed by atoms with van der Waals surface area (Å²) in [7, 11) is 1.60. The monoisotopic (exact) mass is 206 g/mol. The van der Waals surface area contributed by atoms with Crippen LogP contribution >= 0.6 is 0 Å². The molecule has 0 saturated carbocycles. The zero-order valence-corrected chi connectivity index (χ0v) is 8.19. The molecule has 2 aromatic rings. The van der Waals surface area contributed by atoms with Crippen LogP contribution in [-0.2, 0) is 6.42 Å². The first-order chi connectivity index (χ1) is 7.28. The third kappa shape index (κ3) is 2.25. The van der Waals surface area contributed by atoms with E-state index in [0.29, 0.717) is 12.3 Å². The van der Waals surface area contributed by atoms with Gasteiger partial charge in [0, 0.05) is 0 Å². The molecular formula is C10H10N2O3. The maximum Gasteiger partial charge on any atom is 0.434 e. The Hall–Kier alpha value is -2.04. The number of H-pyrrole nitrogens is 1. The Morgan fingerprint density at radius 3 is 3.07 bits per heavy atom. The summed E-state index contributed by atoms with van der Waals surface area (Å²) in [6.45, 7) is 0. The molecule has 1 N–H and O–H groups in total. The van der Waals surface area contributed by atoms with Crippen LogP contribution in [-0.4, -0.2) is 17.3 Å². The highest BCUT2D eigenvalue weighted by atomic mass is 16.5. The molecule has 1 aromatic carbocycles. The largest absolute Gasteiger partial charge is 0.497 e. The van der Waals surface area contributed by atoms with E-state index in [1.165, 1.54) is 0 Å². The van der Waals surface area contributed by atoms with E-state index in [0.717, 1.165) is 11.3 Å². The van der Waals surface area contributed by atoms with Gasteiger partial charge in [0.2, 0.25) is 5.89 Å². The Labute approximate surface area is 85.7 Å². The van der Waals surface area contributed by atoms with Crippen LogP contribution in [0.4, 0.5) is 0 Å². The summed E-state index contributed by atoms with van der Waals surface area (Å²) in [6.07, 6.45) is 0.468. The average Bonchev–Trinajstić information content (AvgIpc) is 2.64. The molecule has 0 unspecified atom stereocenters. The molecule has 0 aliphatic carbocycles. The average molecular weight is 206 g/mol. The number of methoxy groups -OCH3 is 1. The van der Waals surface area contributed by atoms with E-state index in [9.17, 15) is 4.79 Å². The number of aromatic amines is 1. The third-order valence-corrected chi connectivity index (χ3v) is 1.97. The summed E-state index contributed by atoms with van der Waals surface area (Å²) in [6, 6.07) is 7.51. The van der Waals surface area contributed by atoms with Crippen LogP contribution in [0.5, 0.6) is 5.75 Å². The van der Waals surface area contributed by atoms with Crippen molar-refractivity contribution in [1.29, 1.82) is 0 Å². The van der Waals surface area contributed by atoms with Crippen molar-refractivity contribution in [2.75, 3.05) is 7.11 Å². The quantitative estimate of drug-likeness (QED) is 0.812. The second-order valence-electron chi connectivity index (χ2n) is 3.04. The van der Waals surface area contributed by atoms with E-state index in [2.05, 4.69) is 10.2 Å². The molecule has 0 atom stereocenters. The Kier molecular flexibility index (Phi) is 2.53. The summed E-state index contributed by atoms with van der Waals surface area (Å²) in [5, 5.41) is 5.94. The molecule has 15 heavy (non-hydrogen) atoms. The lowest BCUT2D eigenvalue weighted by atomic mass is 10.1. The molecule has 0 amide bonds. The van der Waals surface area contributed by atoms with E-state index >= 15 is 0 Å². The van der Waals surface area contributed by atoms with Gasteiger partial charge in [0.05, 0.1) is 13.5 Å². The van der Waals surface area contributed by atoms with Gasteiger partial charge in [-0.2, -0.15) is 0 Å². The maximum atomic E-state index is 10.7. The fourth-order valence-corrected chi connectivity index (χ4v) is 1.29. The molecule has 0 aliphatic rings. The van der Waals surface area contributed by atoms with Gasteiger partial charge in [0.25, 0.3) is 0 Å². The fraction of sp³-hybridized carbons (Fsp3) is 0.200. The predicted octanol–water partition coefficient (Wildman–Crippen LogP) is 0.962. The first-order valence-corrected chi connectivity index (χ1v) is 4.45. The molecule has 0 saturated heterocycles. The highest BCUT2D eigenvalue weighted by molar-refractivity contribution is 5.29. The smallest absolute Gasteiger partial charge is 0.434 e. The van der Waals surface area contributed by atoms with Gasteiger partial charge in [-0.3, -0.25) is 0 Å². The fourth-order valence-electron chi connectivity index (χ4n) is 1.29. The summed E-state index contributed by atoms with van der Waals surface area (Å²) in [5.41, 5.74) is 0.976. The highest BCUT2D eigenvalue weighted by Gasteiger charge is 2.03. The summed E-state index contributed by atoms with van der Waals surface area (Å²) >= 11 is 0. The minimum atomic E-state index is -0.534. The first-order valence-electron chi connectivity index (χ1n) is 4.45. The van der Waals surface area contributed by atoms with Crippen LogP contribution in [0.3, 0.4) is 0 Å². The molecule has 1 heterocycles. The molecular weight excluding hydrogens is 196 g/mol. The number of hydrogen-bond donors (Lipinski definition) is 1. The summed E-state index contributed by atoms with van der Waals surface area (Å²) in [5.74, 6) is 0.603. The number of aromatic nitrogens is 2. The molecule has 0 radical (unpaired) electrons. The topological polar surface area (TPSA) is 68.1 Å². The van der Waals surface area contributed by atoms with E-state index in [1.807, 2.05) is 24.3 Å². The van der Waals surface area contributed by atoms with Crippen LogP contribution in [0.2, 0.25) is 0 Å². The van der Waals surface area contributed by atoms with Gasteiger partial charge in [-0.15, -0.1) is 5.10 Å². The Morgan fingerprint density at radius 1 is 1.53 bits per heavy atom. The number of rotatable bonds is 3. The van der Waals surface area contributed by atoms with Crippen LogP contribution in [0.1, 0.15) is 11.5 Å². The van der Waals surface area contributed by atoms with Gasteiger partial charge in [-0.1, -0.05) is 12.1 Å². The van der Waals surface area contributed by atoms with Gasteiger partial charge in [0.15, 0.2) is 0 Å². The summed E-state index contributed by atoms with van der Waals surface area (Å²) < 4.78 is 9.88. The van der Waals surface area contributed by atoms with Gasteiger partial charge in [0.1, 0.15) is 5.75 Å². The molecule has 1 aromatic heterocycles. The van der Waals surface area contributed by atoms with Crippen molar-refractivity contribution < 1.29 is 9.15 Å². The second kappa shape index (κ2) is 4.00. The number of nitrogens with one attached hydrogen (secondary N) is 1. The third-order valence-electron chi connectivity index (χ3n) is 1.97. The lowest BCUT2D eigenvalue weighted by Gasteiger charge is -2.01. The Morgan fingerprint density at radius 2 is 2.40 bits per heavy atom. The van der Waals surface area contributed by atoms with Crippen molar-refractivity contribution in [3.05, 3.63) is 46.3 Å². The standard InChI is InChI=1S/C10H10N2O3/c1-14-8-4-2-3-7(5-8)6-9-11-12-10(13)15-9/h2-5H,6H2,1H3,(H,12,13). The maximum absolute atomic E-state index is 10.7. The SMILES string of the molecule is COc1cccc(Cc2n[nH]c(=O)o2)c1. The van der Waals surface area contributed by atoms with Crippen LogP contribution in [0.25, 0.3) is 0 Å². The number of benzene rings is 1. The molecule has 0 bridgehead atoms. The Balaban J connectivity index is 2.20. The first kappa shape index (κ1) is 9.51. The van der Waals surface area contributed by atoms with E-state index in [4.69, 9.17) is 9.15 Å². The normalized spacial score (nSPS) is 10.2. The minimum Gasteiger partial charge on any atom is -0.497 e. The lowest BCUT2D eigenvalue weighted by molar-refractivity contribution is 0.414. The van der Waals surface area contributed by atoms with Crippen molar-refractivity contribution in [1.82, 2.24) is 10.2 Å². The van der Waals surface area contributed by atoms with Gasteiger partial charge in [-0.05, 0) is 17.7 Å². The van der Waals surface area contributed by atoms with Crippen molar-refractivity contribution in [3.8, 4) is 5.75 Å². The zero-order valence-electron chi connectivity index (χ0n) is 8.19. The van der Waals surface area contributed by atoms with Crippen molar-refractivity contribution >= 4 is 0 Å². The molecule has 78 valence electrons. The molecule has 2 rings (SSSR count). The molecule has 0 spiro atoms. The van der Waals surface area contributed by atoms with Crippen LogP contribution in [0.15, 0.2) is 33.5 Å². The van der Waals surface area contributed by atoms with Crippen molar-refractivity contribution in [2.24, 2.45) is 0 Å². The summed E-state index contributed by atoms with van der Waals surface area (Å²) in [4.78, 5) is 10.7. The number of ether oxygens (including phenoxy) is 1. The number of hydrogen-bond acceptors (Lipinski definition) is 4. The van der Waals surface area contributed by atoms with E-state index in [1.54, 1.807) is 7.11 Å². The van der Waals surface area contributed by atoms with Gasteiger partial charge < -0.3 is 9.15 Å². The zero-order chi connectivity index (χ0) is 10.7. The Bertz CT molecular complexity index is 501. The molecule has 5 heteroatoms. The van der Waals surface area contributed by atoms with Crippen LogP contribution < -0.4 is 10.5 Å². The van der Waals surface area contributed by atoms with Gasteiger partial charge in [-0.25, -0.2) is 9.89 Å².